The molecule has 3 rings (SSSR count). The number of benzene rings is 1. The van der Waals surface area contributed by atoms with Crippen molar-refractivity contribution in [3.63, 3.8) is 0 Å². The van der Waals surface area contributed by atoms with E-state index in [1.165, 1.54) is 26.2 Å². The summed E-state index contributed by atoms with van der Waals surface area (Å²) < 4.78 is 16.0. The van der Waals surface area contributed by atoms with Crippen molar-refractivity contribution in [3.8, 4) is 17.2 Å². The first kappa shape index (κ1) is 17.1. The summed E-state index contributed by atoms with van der Waals surface area (Å²) in [5.74, 6) is 1.81. The van der Waals surface area contributed by atoms with Crippen LogP contribution in [0.15, 0.2) is 12.1 Å². The van der Waals surface area contributed by atoms with E-state index in [9.17, 15) is 4.79 Å². The van der Waals surface area contributed by atoms with E-state index in [0.29, 0.717) is 28.6 Å². The number of aromatic nitrogens is 2. The Morgan fingerprint density at radius 3 is 2.36 bits per heavy atom. The quantitative estimate of drug-likeness (QED) is 0.808. The first-order chi connectivity index (χ1) is 12.0. The molecule has 0 fully saturated rings. The van der Waals surface area contributed by atoms with E-state index in [2.05, 4.69) is 9.97 Å². The zero-order chi connectivity index (χ0) is 18.1. The zero-order valence-electron chi connectivity index (χ0n) is 14.0. The van der Waals surface area contributed by atoms with Gasteiger partial charge in [0.05, 0.1) is 34.3 Å². The molecule has 0 saturated carbocycles. The molecule has 2 N–H and O–H groups in total. The fourth-order valence-electron chi connectivity index (χ4n) is 2.77. The van der Waals surface area contributed by atoms with Crippen LogP contribution in [0.3, 0.4) is 0 Å². The highest BCUT2D eigenvalue weighted by Gasteiger charge is 2.32. The number of anilines is 2. The largest absolute Gasteiger partial charge is 0.493 e. The molecule has 1 aliphatic rings. The Labute approximate surface area is 149 Å². The monoisotopic (exact) mass is 364 g/mol. The van der Waals surface area contributed by atoms with Crippen LogP contribution in [0.5, 0.6) is 17.2 Å². The van der Waals surface area contributed by atoms with Crippen LogP contribution in [0.1, 0.15) is 11.1 Å². The van der Waals surface area contributed by atoms with Gasteiger partial charge in [-0.1, -0.05) is 11.6 Å². The van der Waals surface area contributed by atoms with Gasteiger partial charge in [-0.2, -0.15) is 4.98 Å². The molecule has 8 nitrogen and oxygen atoms in total. The molecule has 0 atom stereocenters. The van der Waals surface area contributed by atoms with Crippen LogP contribution in [-0.4, -0.2) is 37.2 Å². The zero-order valence-corrected chi connectivity index (χ0v) is 14.8. The highest BCUT2D eigenvalue weighted by Crippen LogP contribution is 2.40. The van der Waals surface area contributed by atoms with Gasteiger partial charge in [0.15, 0.2) is 11.5 Å². The SMILES string of the molecule is COc1cc(CN2C(=O)Cc3c(Cl)nc(N)nc32)cc(OC)c1OC. The van der Waals surface area contributed by atoms with Crippen molar-refractivity contribution in [1.82, 2.24) is 9.97 Å². The van der Waals surface area contributed by atoms with E-state index in [4.69, 9.17) is 31.5 Å². The molecule has 2 heterocycles. The van der Waals surface area contributed by atoms with E-state index in [1.54, 1.807) is 12.1 Å². The number of halogens is 1. The topological polar surface area (TPSA) is 99.8 Å². The Hall–Kier alpha value is -2.74. The number of fused-ring (bicyclic) bond motifs is 1. The molecular formula is C16H17ClN4O4. The summed E-state index contributed by atoms with van der Waals surface area (Å²) in [6.45, 7) is 0.259. The second-order valence-corrected chi connectivity index (χ2v) is 5.72. The molecule has 0 saturated heterocycles. The molecule has 0 spiro atoms. The molecule has 25 heavy (non-hydrogen) atoms. The minimum absolute atomic E-state index is 0.0216. The summed E-state index contributed by atoms with van der Waals surface area (Å²) in [4.78, 5) is 22.0. The van der Waals surface area contributed by atoms with Crippen LogP contribution < -0.4 is 24.8 Å². The molecule has 0 aliphatic carbocycles. The molecule has 1 aliphatic heterocycles. The van der Waals surface area contributed by atoms with Gasteiger partial charge in [-0.3, -0.25) is 9.69 Å². The van der Waals surface area contributed by atoms with Crippen molar-refractivity contribution < 1.29 is 19.0 Å². The number of methoxy groups -OCH3 is 3. The molecule has 0 unspecified atom stereocenters. The molecule has 9 heteroatoms. The fourth-order valence-corrected chi connectivity index (χ4v) is 3.01. The molecule has 1 aromatic carbocycles. The number of ether oxygens (including phenoxy) is 3. The van der Waals surface area contributed by atoms with Gasteiger partial charge in [0.1, 0.15) is 11.0 Å². The smallest absolute Gasteiger partial charge is 0.233 e. The van der Waals surface area contributed by atoms with Gasteiger partial charge >= 0.3 is 0 Å². The van der Waals surface area contributed by atoms with Gasteiger partial charge in [-0.05, 0) is 17.7 Å². The lowest BCUT2D eigenvalue weighted by Crippen LogP contribution is -2.26. The standard InChI is InChI=1S/C16H17ClN4O4/c1-23-10-4-8(5-11(24-2)13(10)25-3)7-21-12(22)6-9-14(17)19-16(18)20-15(9)21/h4-5H,6-7H2,1-3H3,(H2,18,19,20). The van der Waals surface area contributed by atoms with Crippen LogP contribution in [0.4, 0.5) is 11.8 Å². The van der Waals surface area contributed by atoms with Crippen LogP contribution in [-0.2, 0) is 17.8 Å². The fraction of sp³-hybridized carbons (Fsp3) is 0.312. The van der Waals surface area contributed by atoms with Crippen LogP contribution in [0, 0.1) is 0 Å². The molecular weight excluding hydrogens is 348 g/mol. The number of rotatable bonds is 5. The lowest BCUT2D eigenvalue weighted by Gasteiger charge is -2.19. The normalized spacial score (nSPS) is 13.0. The third-order valence-electron chi connectivity index (χ3n) is 3.90. The second-order valence-electron chi connectivity index (χ2n) is 5.37. The number of hydrogen-bond donors (Lipinski definition) is 1. The molecule has 132 valence electrons. The van der Waals surface area contributed by atoms with Crippen molar-refractivity contribution in [2.75, 3.05) is 32.0 Å². The summed E-state index contributed by atoms with van der Waals surface area (Å²) in [7, 11) is 4.60. The summed E-state index contributed by atoms with van der Waals surface area (Å²) in [6, 6.07) is 3.55. The van der Waals surface area contributed by atoms with E-state index in [0.717, 1.165) is 5.56 Å². The molecule has 0 radical (unpaired) electrons. The van der Waals surface area contributed by atoms with Gasteiger partial charge < -0.3 is 19.9 Å². The Balaban J connectivity index is 2.00. The maximum absolute atomic E-state index is 12.4. The number of carbonyl (C=O) groups excluding carboxylic acids is 1. The van der Waals surface area contributed by atoms with Crippen molar-refractivity contribution in [2.45, 2.75) is 13.0 Å². The maximum atomic E-state index is 12.4. The highest BCUT2D eigenvalue weighted by atomic mass is 35.5. The Morgan fingerprint density at radius 1 is 1.16 bits per heavy atom. The second kappa shape index (κ2) is 6.64. The van der Waals surface area contributed by atoms with Crippen molar-refractivity contribution in [1.29, 1.82) is 0 Å². The van der Waals surface area contributed by atoms with E-state index in [-0.39, 0.29) is 30.0 Å². The lowest BCUT2D eigenvalue weighted by molar-refractivity contribution is -0.117. The molecule has 0 bridgehead atoms. The van der Waals surface area contributed by atoms with Gasteiger partial charge in [0.25, 0.3) is 0 Å². The number of amides is 1. The minimum atomic E-state index is -0.134. The first-order valence-electron chi connectivity index (χ1n) is 7.39. The molecule has 1 aromatic heterocycles. The van der Waals surface area contributed by atoms with Gasteiger partial charge in [-0.15, -0.1) is 0 Å². The van der Waals surface area contributed by atoms with Crippen LogP contribution >= 0.6 is 11.6 Å². The summed E-state index contributed by atoms with van der Waals surface area (Å²) in [6.07, 6.45) is 0.138. The number of carbonyl (C=O) groups is 1. The number of nitrogens with two attached hydrogens (primary N) is 1. The van der Waals surface area contributed by atoms with Gasteiger partial charge in [0.2, 0.25) is 17.6 Å². The first-order valence-corrected chi connectivity index (χ1v) is 7.77. The Kier molecular flexibility index (Phi) is 4.54. The number of nitrogen functional groups attached to an aromatic ring is 1. The summed E-state index contributed by atoms with van der Waals surface area (Å²) >= 11 is 6.08. The van der Waals surface area contributed by atoms with Crippen molar-refractivity contribution in [3.05, 3.63) is 28.4 Å². The van der Waals surface area contributed by atoms with Gasteiger partial charge in [0, 0.05) is 5.56 Å². The third-order valence-corrected chi connectivity index (χ3v) is 4.21. The Morgan fingerprint density at radius 2 is 1.80 bits per heavy atom. The average Bonchev–Trinajstić information content (AvgIpc) is 2.90. The molecule has 1 amide bonds. The summed E-state index contributed by atoms with van der Waals surface area (Å²) in [5.41, 5.74) is 7.02. The third kappa shape index (κ3) is 3.00. The van der Waals surface area contributed by atoms with Gasteiger partial charge in [-0.25, -0.2) is 4.98 Å². The summed E-state index contributed by atoms with van der Waals surface area (Å²) in [5, 5.41) is 0.197. The molecule has 2 aromatic rings. The van der Waals surface area contributed by atoms with E-state index >= 15 is 0 Å². The maximum Gasteiger partial charge on any atom is 0.233 e. The van der Waals surface area contributed by atoms with Crippen molar-refractivity contribution in [2.24, 2.45) is 0 Å². The highest BCUT2D eigenvalue weighted by molar-refractivity contribution is 6.31. The number of hydrogen-bond acceptors (Lipinski definition) is 7. The van der Waals surface area contributed by atoms with E-state index < -0.39 is 0 Å². The number of nitrogens with zero attached hydrogens (tertiary/aromatic N) is 3. The minimum Gasteiger partial charge on any atom is -0.493 e. The average molecular weight is 365 g/mol. The lowest BCUT2D eigenvalue weighted by atomic mass is 10.1. The van der Waals surface area contributed by atoms with E-state index in [1.807, 2.05) is 0 Å². The Bertz CT molecular complexity index is 818. The predicted octanol–water partition coefficient (Wildman–Crippen LogP) is 1.83. The predicted molar refractivity (Wildman–Crippen MR) is 92.4 cm³/mol. The van der Waals surface area contributed by atoms with Crippen LogP contribution in [0.2, 0.25) is 5.15 Å². The van der Waals surface area contributed by atoms with Crippen molar-refractivity contribution >= 4 is 29.3 Å². The van der Waals surface area contributed by atoms with Crippen LogP contribution in [0.25, 0.3) is 0 Å².